The van der Waals surface area contributed by atoms with Crippen molar-refractivity contribution in [3.05, 3.63) is 0 Å². The van der Waals surface area contributed by atoms with Gasteiger partial charge in [-0.15, -0.1) is 0 Å². The van der Waals surface area contributed by atoms with Crippen LogP contribution in [0.25, 0.3) is 0 Å². The molecule has 2 rings (SSSR count). The average molecular weight is 195 g/mol. The number of hydrogen-bond donors (Lipinski definition) is 1. The van der Waals surface area contributed by atoms with Crippen molar-refractivity contribution in [1.82, 2.24) is 5.32 Å². The maximum absolute atomic E-state index is 3.88. The normalized spacial score (nSPS) is 42.4. The predicted octanol–water partition coefficient (Wildman–Crippen LogP) is 3.34. The smallest absolute Gasteiger partial charge is 0.0102 e. The zero-order valence-corrected chi connectivity index (χ0v) is 9.76. The summed E-state index contributed by atoms with van der Waals surface area (Å²) in [7, 11) is 0. The summed E-state index contributed by atoms with van der Waals surface area (Å²) in [6, 6.07) is 1.73. The van der Waals surface area contributed by atoms with E-state index in [4.69, 9.17) is 0 Å². The van der Waals surface area contributed by atoms with E-state index < -0.39 is 0 Å². The van der Waals surface area contributed by atoms with Gasteiger partial charge in [0.25, 0.3) is 0 Å². The molecule has 0 aromatic rings. The first kappa shape index (κ1) is 10.5. The summed E-state index contributed by atoms with van der Waals surface area (Å²) in [4.78, 5) is 0. The van der Waals surface area contributed by atoms with Gasteiger partial charge in [0.05, 0.1) is 0 Å². The number of nitrogens with one attached hydrogen (secondary N) is 1. The summed E-state index contributed by atoms with van der Waals surface area (Å²) in [6.45, 7) is 4.73. The highest BCUT2D eigenvalue weighted by atomic mass is 15.0. The summed E-state index contributed by atoms with van der Waals surface area (Å²) in [5.74, 6) is 1.95. The lowest BCUT2D eigenvalue weighted by molar-refractivity contribution is 0.275. The van der Waals surface area contributed by atoms with Crippen LogP contribution in [0, 0.1) is 11.8 Å². The van der Waals surface area contributed by atoms with E-state index in [-0.39, 0.29) is 0 Å². The van der Waals surface area contributed by atoms with Gasteiger partial charge in [0.2, 0.25) is 0 Å². The van der Waals surface area contributed by atoms with Gasteiger partial charge in [0, 0.05) is 12.1 Å². The van der Waals surface area contributed by atoms with Gasteiger partial charge in [-0.05, 0) is 37.5 Å². The summed E-state index contributed by atoms with van der Waals surface area (Å²) in [5, 5.41) is 3.88. The molecule has 82 valence electrons. The van der Waals surface area contributed by atoms with E-state index in [2.05, 4.69) is 19.2 Å². The van der Waals surface area contributed by atoms with Crippen molar-refractivity contribution in [3.63, 3.8) is 0 Å². The first-order valence-corrected chi connectivity index (χ1v) is 6.57. The molecule has 1 N–H and O–H groups in total. The fraction of sp³-hybridized carbons (Fsp3) is 1.00. The minimum atomic E-state index is 0.843. The van der Waals surface area contributed by atoms with Gasteiger partial charge in [-0.25, -0.2) is 0 Å². The molecule has 0 radical (unpaired) electrons. The highest BCUT2D eigenvalue weighted by molar-refractivity contribution is 4.95. The SMILES string of the molecule is CCCC1CC1NC1CCCCC1C. The van der Waals surface area contributed by atoms with Gasteiger partial charge in [-0.1, -0.05) is 33.1 Å². The molecule has 2 aliphatic rings. The molecule has 0 spiro atoms. The third kappa shape index (κ3) is 2.50. The molecule has 2 fully saturated rings. The fourth-order valence-electron chi connectivity index (χ4n) is 2.98. The van der Waals surface area contributed by atoms with Crippen molar-refractivity contribution in [1.29, 1.82) is 0 Å². The van der Waals surface area contributed by atoms with Gasteiger partial charge in [0.1, 0.15) is 0 Å². The molecule has 1 nitrogen and oxygen atoms in total. The summed E-state index contributed by atoms with van der Waals surface area (Å²) < 4.78 is 0. The van der Waals surface area contributed by atoms with Crippen LogP contribution in [0.5, 0.6) is 0 Å². The van der Waals surface area contributed by atoms with Crippen LogP contribution >= 0.6 is 0 Å². The Bertz CT molecular complexity index is 178. The molecule has 0 bridgehead atoms. The van der Waals surface area contributed by atoms with Gasteiger partial charge in [-0.2, -0.15) is 0 Å². The van der Waals surface area contributed by atoms with Crippen molar-refractivity contribution < 1.29 is 0 Å². The number of hydrogen-bond acceptors (Lipinski definition) is 1. The van der Waals surface area contributed by atoms with Crippen molar-refractivity contribution in [2.45, 2.75) is 70.9 Å². The van der Waals surface area contributed by atoms with E-state index >= 15 is 0 Å². The number of rotatable bonds is 4. The molecule has 0 aliphatic heterocycles. The molecule has 2 aliphatic carbocycles. The van der Waals surface area contributed by atoms with Crippen molar-refractivity contribution >= 4 is 0 Å². The zero-order valence-electron chi connectivity index (χ0n) is 9.76. The molecule has 4 atom stereocenters. The Morgan fingerprint density at radius 2 is 1.93 bits per heavy atom. The van der Waals surface area contributed by atoms with E-state index in [0.29, 0.717) is 0 Å². The summed E-state index contributed by atoms with van der Waals surface area (Å²) in [6.07, 6.45) is 10.0. The van der Waals surface area contributed by atoms with Crippen LogP contribution in [0.1, 0.15) is 58.8 Å². The molecular weight excluding hydrogens is 170 g/mol. The lowest BCUT2D eigenvalue weighted by atomic mass is 9.86. The molecule has 0 amide bonds. The second-order valence-corrected chi connectivity index (χ2v) is 5.43. The standard InChI is InChI=1S/C13H25N/c1-3-6-11-9-13(11)14-12-8-5-4-7-10(12)2/h10-14H,3-9H2,1-2H3. The summed E-state index contributed by atoms with van der Waals surface area (Å²) >= 11 is 0. The Kier molecular flexibility index (Phi) is 3.48. The maximum atomic E-state index is 3.88. The molecular formula is C13H25N. The van der Waals surface area contributed by atoms with Crippen LogP contribution in [0.3, 0.4) is 0 Å². The molecule has 0 saturated heterocycles. The van der Waals surface area contributed by atoms with Crippen molar-refractivity contribution in [2.75, 3.05) is 0 Å². The molecule has 0 heterocycles. The summed E-state index contributed by atoms with van der Waals surface area (Å²) in [5.41, 5.74) is 0. The van der Waals surface area contributed by atoms with Gasteiger partial charge >= 0.3 is 0 Å². The lowest BCUT2D eigenvalue weighted by Crippen LogP contribution is -2.39. The topological polar surface area (TPSA) is 12.0 Å². The van der Waals surface area contributed by atoms with Crippen LogP contribution in [0.15, 0.2) is 0 Å². The maximum Gasteiger partial charge on any atom is 0.0102 e. The van der Waals surface area contributed by atoms with E-state index in [1.807, 2.05) is 0 Å². The average Bonchev–Trinajstić information content (AvgIpc) is 2.89. The molecule has 1 heteroatoms. The van der Waals surface area contributed by atoms with E-state index in [0.717, 1.165) is 23.9 Å². The Morgan fingerprint density at radius 1 is 1.14 bits per heavy atom. The third-order valence-electron chi connectivity index (χ3n) is 4.12. The Morgan fingerprint density at radius 3 is 2.64 bits per heavy atom. The van der Waals surface area contributed by atoms with Gasteiger partial charge < -0.3 is 5.32 Å². The highest BCUT2D eigenvalue weighted by Crippen LogP contribution is 2.36. The third-order valence-corrected chi connectivity index (χ3v) is 4.12. The minimum Gasteiger partial charge on any atom is -0.311 e. The molecule has 0 aromatic carbocycles. The van der Waals surface area contributed by atoms with Crippen LogP contribution in [0.4, 0.5) is 0 Å². The molecule has 0 aromatic heterocycles. The monoisotopic (exact) mass is 195 g/mol. The van der Waals surface area contributed by atoms with E-state index in [1.165, 1.54) is 44.9 Å². The van der Waals surface area contributed by atoms with Crippen molar-refractivity contribution in [2.24, 2.45) is 11.8 Å². The second-order valence-electron chi connectivity index (χ2n) is 5.43. The zero-order chi connectivity index (χ0) is 9.97. The van der Waals surface area contributed by atoms with Crippen LogP contribution < -0.4 is 5.32 Å². The van der Waals surface area contributed by atoms with E-state index in [9.17, 15) is 0 Å². The Balaban J connectivity index is 1.70. The fourth-order valence-corrected chi connectivity index (χ4v) is 2.98. The Labute approximate surface area is 88.7 Å². The second kappa shape index (κ2) is 4.65. The molecule has 14 heavy (non-hydrogen) atoms. The molecule has 2 saturated carbocycles. The van der Waals surface area contributed by atoms with Crippen molar-refractivity contribution in [3.8, 4) is 0 Å². The van der Waals surface area contributed by atoms with Gasteiger partial charge in [0.15, 0.2) is 0 Å². The Hall–Kier alpha value is -0.0400. The minimum absolute atomic E-state index is 0.843. The van der Waals surface area contributed by atoms with Crippen LogP contribution in [-0.4, -0.2) is 12.1 Å². The first-order valence-electron chi connectivity index (χ1n) is 6.57. The van der Waals surface area contributed by atoms with Crippen LogP contribution in [0.2, 0.25) is 0 Å². The van der Waals surface area contributed by atoms with E-state index in [1.54, 1.807) is 0 Å². The highest BCUT2D eigenvalue weighted by Gasteiger charge is 2.38. The predicted molar refractivity (Wildman–Crippen MR) is 61.4 cm³/mol. The van der Waals surface area contributed by atoms with Crippen LogP contribution in [-0.2, 0) is 0 Å². The lowest BCUT2D eigenvalue weighted by Gasteiger charge is -2.30. The largest absolute Gasteiger partial charge is 0.311 e. The first-order chi connectivity index (χ1) is 6.81. The molecule has 4 unspecified atom stereocenters. The quantitative estimate of drug-likeness (QED) is 0.725. The van der Waals surface area contributed by atoms with Gasteiger partial charge in [-0.3, -0.25) is 0 Å².